The lowest BCUT2D eigenvalue weighted by Gasteiger charge is -2.28. The van der Waals surface area contributed by atoms with Gasteiger partial charge in [-0.2, -0.15) is 5.26 Å². The first-order chi connectivity index (χ1) is 17.5. The molecule has 2 atom stereocenters. The molecule has 0 bridgehead atoms. The average Bonchev–Trinajstić information content (AvgIpc) is 3.31. The Hall–Kier alpha value is -4.28. The number of nitrogens with zero attached hydrogens (tertiary/aromatic N) is 2. The number of aromatic amines is 1. The zero-order valence-electron chi connectivity index (χ0n) is 19.7. The Kier molecular flexibility index (Phi) is 6.36. The van der Waals surface area contributed by atoms with E-state index in [4.69, 9.17) is 31.2 Å². The van der Waals surface area contributed by atoms with Crippen molar-refractivity contribution in [3.63, 3.8) is 0 Å². The second-order valence-corrected chi connectivity index (χ2v) is 8.93. The largest absolute Gasteiger partial charge is 0.496 e. The van der Waals surface area contributed by atoms with Gasteiger partial charge in [-0.25, -0.2) is 0 Å². The van der Waals surface area contributed by atoms with Gasteiger partial charge < -0.3 is 14.2 Å². The summed E-state index contributed by atoms with van der Waals surface area (Å²) >= 11 is 6.26. The number of hydrogen-bond acceptors (Lipinski definition) is 6. The van der Waals surface area contributed by atoms with E-state index in [2.05, 4.69) is 16.3 Å². The molecule has 3 aromatic carbocycles. The Morgan fingerprint density at radius 2 is 1.89 bits per heavy atom. The molecule has 2 heterocycles. The lowest BCUT2D eigenvalue weighted by atomic mass is 9.78. The van der Waals surface area contributed by atoms with Crippen molar-refractivity contribution in [3.8, 4) is 34.7 Å². The molecule has 0 saturated heterocycles. The number of nitrogens with one attached hydrogen (secondary N) is 2. The quantitative estimate of drug-likeness (QED) is 0.326. The molecule has 0 fully saturated rings. The molecule has 1 aliphatic rings. The molecule has 7 nitrogen and oxygen atoms in total. The predicted molar refractivity (Wildman–Crippen MR) is 137 cm³/mol. The maximum absolute atomic E-state index is 10.0. The number of halogens is 1. The number of para-hydroxylation sites is 1. The van der Waals surface area contributed by atoms with E-state index in [1.165, 1.54) is 0 Å². The van der Waals surface area contributed by atoms with Crippen molar-refractivity contribution in [1.29, 1.82) is 10.7 Å². The molecular formula is C28H23ClN4O3. The van der Waals surface area contributed by atoms with Crippen LogP contribution in [0.3, 0.4) is 0 Å². The maximum Gasteiger partial charge on any atom is 0.244 e. The van der Waals surface area contributed by atoms with Crippen LogP contribution in [0.15, 0.2) is 66.7 Å². The summed E-state index contributed by atoms with van der Waals surface area (Å²) < 4.78 is 17.2. The molecular weight excluding hydrogens is 476 g/mol. The Bertz CT molecular complexity index is 1470. The number of rotatable bonds is 6. The van der Waals surface area contributed by atoms with Crippen LogP contribution >= 0.6 is 11.6 Å². The molecule has 0 aliphatic carbocycles. The highest BCUT2D eigenvalue weighted by molar-refractivity contribution is 6.32. The summed E-state index contributed by atoms with van der Waals surface area (Å²) in [4.78, 5) is 0. The Labute approximate surface area is 213 Å². The van der Waals surface area contributed by atoms with E-state index < -0.39 is 11.8 Å². The molecule has 180 valence electrons. The van der Waals surface area contributed by atoms with Gasteiger partial charge in [0.05, 0.1) is 29.5 Å². The van der Waals surface area contributed by atoms with Gasteiger partial charge in [0, 0.05) is 11.5 Å². The second kappa shape index (κ2) is 9.76. The van der Waals surface area contributed by atoms with Crippen LogP contribution in [0, 0.1) is 29.6 Å². The van der Waals surface area contributed by atoms with E-state index in [1.54, 1.807) is 19.2 Å². The number of ether oxygens (including phenoxy) is 3. The van der Waals surface area contributed by atoms with E-state index in [-0.39, 0.29) is 12.5 Å². The normalized spacial score (nSPS) is 16.6. The van der Waals surface area contributed by atoms with Crippen LogP contribution in [0.1, 0.15) is 28.2 Å². The van der Waals surface area contributed by atoms with Gasteiger partial charge in [-0.15, -0.1) is 5.10 Å². The van der Waals surface area contributed by atoms with Crippen LogP contribution in [0.2, 0.25) is 5.02 Å². The van der Waals surface area contributed by atoms with Crippen molar-refractivity contribution in [3.05, 3.63) is 94.0 Å². The maximum atomic E-state index is 10.0. The topological polar surface area (TPSA) is 104 Å². The number of nitriles is 1. The SMILES string of the molecule is COc1ccc(C2c3c(n[nH]c3-c3ccc(C)cc3)OC(=N)C2C#N)cc1COc1ccccc1Cl. The zero-order valence-corrected chi connectivity index (χ0v) is 20.5. The fraction of sp³-hybridized carbons (Fsp3) is 0.179. The predicted octanol–water partition coefficient (Wildman–Crippen LogP) is 6.27. The number of hydrogen-bond donors (Lipinski definition) is 2. The summed E-state index contributed by atoms with van der Waals surface area (Å²) in [6.45, 7) is 2.23. The minimum absolute atomic E-state index is 0.137. The van der Waals surface area contributed by atoms with Crippen molar-refractivity contribution in [2.45, 2.75) is 19.4 Å². The summed E-state index contributed by atoms with van der Waals surface area (Å²) in [7, 11) is 1.60. The first-order valence-corrected chi connectivity index (χ1v) is 11.7. The number of benzene rings is 3. The molecule has 2 N–H and O–H groups in total. The first-order valence-electron chi connectivity index (χ1n) is 11.4. The van der Waals surface area contributed by atoms with Gasteiger partial charge in [-0.05, 0) is 42.3 Å². The molecule has 5 rings (SSSR count). The number of aromatic nitrogens is 2. The van der Waals surface area contributed by atoms with Crippen LogP contribution in [0.5, 0.6) is 17.4 Å². The number of aryl methyl sites for hydroxylation is 1. The highest BCUT2D eigenvalue weighted by Crippen LogP contribution is 2.46. The van der Waals surface area contributed by atoms with Gasteiger partial charge in [0.2, 0.25) is 11.8 Å². The van der Waals surface area contributed by atoms with Crippen LogP contribution in [0.4, 0.5) is 0 Å². The molecule has 2 unspecified atom stereocenters. The minimum Gasteiger partial charge on any atom is -0.496 e. The molecule has 1 aromatic heterocycles. The van der Waals surface area contributed by atoms with Crippen LogP contribution in [0.25, 0.3) is 11.3 Å². The molecule has 4 aromatic rings. The molecule has 0 radical (unpaired) electrons. The average molecular weight is 499 g/mol. The third-order valence-electron chi connectivity index (χ3n) is 6.27. The monoisotopic (exact) mass is 498 g/mol. The number of fused-ring (bicyclic) bond motifs is 1. The van der Waals surface area contributed by atoms with Crippen LogP contribution in [-0.2, 0) is 6.61 Å². The molecule has 0 saturated carbocycles. The zero-order chi connectivity index (χ0) is 25.2. The molecule has 36 heavy (non-hydrogen) atoms. The molecule has 8 heteroatoms. The lowest BCUT2D eigenvalue weighted by Crippen LogP contribution is -2.31. The van der Waals surface area contributed by atoms with Crippen LogP contribution in [-0.4, -0.2) is 23.2 Å². The van der Waals surface area contributed by atoms with Gasteiger partial charge in [0.25, 0.3) is 0 Å². The highest BCUT2D eigenvalue weighted by atomic mass is 35.5. The van der Waals surface area contributed by atoms with E-state index in [0.29, 0.717) is 22.4 Å². The van der Waals surface area contributed by atoms with Gasteiger partial charge in [0.1, 0.15) is 24.0 Å². The smallest absolute Gasteiger partial charge is 0.244 e. The van der Waals surface area contributed by atoms with Crippen molar-refractivity contribution >= 4 is 17.5 Å². The third-order valence-corrected chi connectivity index (χ3v) is 6.58. The van der Waals surface area contributed by atoms with E-state index >= 15 is 0 Å². The number of H-pyrrole nitrogens is 1. The van der Waals surface area contributed by atoms with Crippen molar-refractivity contribution in [1.82, 2.24) is 10.2 Å². The summed E-state index contributed by atoms with van der Waals surface area (Å²) in [5.41, 5.74) is 5.16. The van der Waals surface area contributed by atoms with Gasteiger partial charge in [0.15, 0.2) is 0 Å². The van der Waals surface area contributed by atoms with Crippen molar-refractivity contribution in [2.24, 2.45) is 5.92 Å². The highest BCUT2D eigenvalue weighted by Gasteiger charge is 2.41. The van der Waals surface area contributed by atoms with Gasteiger partial charge in [-0.3, -0.25) is 10.5 Å². The van der Waals surface area contributed by atoms with E-state index in [0.717, 1.165) is 33.5 Å². The Morgan fingerprint density at radius 3 is 2.61 bits per heavy atom. The number of methoxy groups -OCH3 is 1. The van der Waals surface area contributed by atoms with Crippen LogP contribution < -0.4 is 14.2 Å². The standard InChI is InChI=1S/C28H23ClN4O3/c1-16-7-9-17(10-8-16)26-25-24(20(14-30)27(31)36-28(25)33-32-26)18-11-12-22(34-2)19(13-18)15-35-23-6-4-3-5-21(23)29/h3-13,20,24,31H,15H2,1-2H3,(H,32,33). The summed E-state index contributed by atoms with van der Waals surface area (Å²) in [5.74, 6) is 0.0653. The van der Waals surface area contributed by atoms with Gasteiger partial charge >= 0.3 is 0 Å². The Balaban J connectivity index is 1.59. The van der Waals surface area contributed by atoms with Gasteiger partial charge in [-0.1, -0.05) is 59.6 Å². The third kappa shape index (κ3) is 4.28. The molecule has 1 aliphatic heterocycles. The van der Waals surface area contributed by atoms with Crippen molar-refractivity contribution < 1.29 is 14.2 Å². The van der Waals surface area contributed by atoms with E-state index in [1.807, 2.05) is 61.5 Å². The lowest BCUT2D eigenvalue weighted by molar-refractivity contribution is 0.296. The van der Waals surface area contributed by atoms with Crippen molar-refractivity contribution in [2.75, 3.05) is 7.11 Å². The fourth-order valence-electron chi connectivity index (χ4n) is 4.44. The fourth-order valence-corrected chi connectivity index (χ4v) is 4.63. The Morgan fingerprint density at radius 1 is 1.11 bits per heavy atom. The molecule has 0 amide bonds. The summed E-state index contributed by atoms with van der Waals surface area (Å²) in [5, 5.41) is 26.3. The first kappa shape index (κ1) is 23.5. The second-order valence-electron chi connectivity index (χ2n) is 8.52. The summed E-state index contributed by atoms with van der Waals surface area (Å²) in [6.07, 6.45) is 0. The van der Waals surface area contributed by atoms with E-state index in [9.17, 15) is 5.26 Å². The molecule has 0 spiro atoms. The minimum atomic E-state index is -0.829. The summed E-state index contributed by atoms with van der Waals surface area (Å²) in [6, 6.07) is 23.2.